The van der Waals surface area contributed by atoms with Gasteiger partial charge in [-0.25, -0.2) is 4.98 Å². The third-order valence-electron chi connectivity index (χ3n) is 3.18. The van der Waals surface area contributed by atoms with E-state index < -0.39 is 0 Å². The zero-order chi connectivity index (χ0) is 12.4. The molecule has 2 rings (SSSR count). The molecule has 1 aromatic heterocycles. The molecule has 1 aromatic rings. The van der Waals surface area contributed by atoms with Crippen molar-refractivity contribution in [2.45, 2.75) is 19.4 Å². The number of aryl methyl sites for hydroxylation is 1. The molecule has 1 saturated heterocycles. The lowest BCUT2D eigenvalue weighted by Crippen LogP contribution is -2.29. The van der Waals surface area contributed by atoms with Crippen LogP contribution in [0.25, 0.3) is 0 Å². The highest BCUT2D eigenvalue weighted by Crippen LogP contribution is 2.24. The van der Waals surface area contributed by atoms with Crippen LogP contribution in [0, 0.1) is 17.0 Å². The second-order valence-corrected chi connectivity index (χ2v) is 4.31. The first-order chi connectivity index (χ1) is 8.11. The van der Waals surface area contributed by atoms with E-state index >= 15 is 0 Å². The van der Waals surface area contributed by atoms with Gasteiger partial charge in [-0.05, 0) is 20.4 Å². The molecule has 0 spiro atoms. The van der Waals surface area contributed by atoms with Crippen LogP contribution < -0.4 is 10.2 Å². The van der Waals surface area contributed by atoms with E-state index in [9.17, 15) is 10.1 Å². The first-order valence-electron chi connectivity index (χ1n) is 5.65. The van der Waals surface area contributed by atoms with Crippen LogP contribution in [0.2, 0.25) is 0 Å². The summed E-state index contributed by atoms with van der Waals surface area (Å²) >= 11 is 0. The van der Waals surface area contributed by atoms with Crippen LogP contribution >= 0.6 is 0 Å². The summed E-state index contributed by atoms with van der Waals surface area (Å²) in [7, 11) is 1.93. The molecule has 1 aliphatic heterocycles. The van der Waals surface area contributed by atoms with E-state index in [2.05, 4.69) is 15.2 Å². The fraction of sp³-hybridized carbons (Fsp3) is 0.545. The SMILES string of the molecule is CNC1CCN(c2cc([N+](=O)[O-])c(C)cn2)C1. The fourth-order valence-corrected chi connectivity index (χ4v) is 2.08. The predicted octanol–water partition coefficient (Wildman–Crippen LogP) is 1.10. The van der Waals surface area contributed by atoms with Gasteiger partial charge in [0.15, 0.2) is 0 Å². The maximum Gasteiger partial charge on any atom is 0.277 e. The molecule has 0 bridgehead atoms. The van der Waals surface area contributed by atoms with Crippen LogP contribution in [0.5, 0.6) is 0 Å². The van der Waals surface area contributed by atoms with Crippen LogP contribution in [0.4, 0.5) is 11.5 Å². The first-order valence-corrected chi connectivity index (χ1v) is 5.65. The molecule has 1 unspecified atom stereocenters. The molecule has 0 aromatic carbocycles. The number of aromatic nitrogens is 1. The quantitative estimate of drug-likeness (QED) is 0.628. The predicted molar refractivity (Wildman–Crippen MR) is 65.3 cm³/mol. The van der Waals surface area contributed by atoms with Gasteiger partial charge < -0.3 is 10.2 Å². The Morgan fingerprint density at radius 3 is 3.00 bits per heavy atom. The molecule has 0 amide bonds. The van der Waals surface area contributed by atoms with E-state index in [1.807, 2.05) is 7.05 Å². The second kappa shape index (κ2) is 4.67. The third-order valence-corrected chi connectivity index (χ3v) is 3.18. The van der Waals surface area contributed by atoms with E-state index in [0.717, 1.165) is 19.5 Å². The van der Waals surface area contributed by atoms with Crippen molar-refractivity contribution in [2.24, 2.45) is 0 Å². The van der Waals surface area contributed by atoms with Gasteiger partial charge in [-0.2, -0.15) is 0 Å². The van der Waals surface area contributed by atoms with Gasteiger partial charge in [0.25, 0.3) is 5.69 Å². The number of hydrogen-bond donors (Lipinski definition) is 1. The molecule has 0 aliphatic carbocycles. The molecular formula is C11H16N4O2. The van der Waals surface area contributed by atoms with Gasteiger partial charge in [-0.1, -0.05) is 0 Å². The van der Waals surface area contributed by atoms with Gasteiger partial charge in [-0.15, -0.1) is 0 Å². The summed E-state index contributed by atoms with van der Waals surface area (Å²) in [4.78, 5) is 16.8. The van der Waals surface area contributed by atoms with Crippen molar-refractivity contribution in [1.82, 2.24) is 10.3 Å². The third kappa shape index (κ3) is 2.36. The summed E-state index contributed by atoms with van der Waals surface area (Å²) in [6.07, 6.45) is 2.61. The van der Waals surface area contributed by atoms with Gasteiger partial charge in [0.1, 0.15) is 5.82 Å². The minimum atomic E-state index is -0.355. The van der Waals surface area contributed by atoms with Crippen molar-refractivity contribution in [1.29, 1.82) is 0 Å². The van der Waals surface area contributed by atoms with Gasteiger partial charge in [0.2, 0.25) is 0 Å². The summed E-state index contributed by atoms with van der Waals surface area (Å²) in [5.41, 5.74) is 0.742. The first kappa shape index (κ1) is 11.8. The minimum absolute atomic E-state index is 0.142. The monoisotopic (exact) mass is 236 g/mol. The molecule has 92 valence electrons. The van der Waals surface area contributed by atoms with Crippen LogP contribution in [0.15, 0.2) is 12.3 Å². The smallest absolute Gasteiger partial charge is 0.277 e. The zero-order valence-electron chi connectivity index (χ0n) is 10.0. The molecule has 17 heavy (non-hydrogen) atoms. The molecule has 1 fully saturated rings. The number of hydrogen-bond acceptors (Lipinski definition) is 5. The molecule has 0 saturated carbocycles. The van der Waals surface area contributed by atoms with Crippen molar-refractivity contribution in [2.75, 3.05) is 25.0 Å². The van der Waals surface area contributed by atoms with E-state index in [1.165, 1.54) is 0 Å². The summed E-state index contributed by atoms with van der Waals surface area (Å²) in [6, 6.07) is 2.00. The minimum Gasteiger partial charge on any atom is -0.355 e. The normalized spacial score (nSPS) is 19.6. The molecule has 1 N–H and O–H groups in total. The Morgan fingerprint density at radius 2 is 2.41 bits per heavy atom. The van der Waals surface area contributed by atoms with Gasteiger partial charge in [0, 0.05) is 30.9 Å². The molecule has 1 atom stereocenters. The maximum atomic E-state index is 10.9. The molecule has 2 heterocycles. The van der Waals surface area contributed by atoms with Crippen molar-refractivity contribution < 1.29 is 4.92 Å². The van der Waals surface area contributed by atoms with Crippen LogP contribution in [0.1, 0.15) is 12.0 Å². The Hall–Kier alpha value is -1.69. The molecule has 1 aliphatic rings. The van der Waals surface area contributed by atoms with Crippen molar-refractivity contribution in [3.63, 3.8) is 0 Å². The van der Waals surface area contributed by atoms with Crippen LogP contribution in [-0.4, -0.2) is 36.1 Å². The number of nitrogens with zero attached hydrogens (tertiary/aromatic N) is 3. The Labute approximate surface area is 99.8 Å². The molecule has 6 heteroatoms. The average Bonchev–Trinajstić information content (AvgIpc) is 2.78. The molecule has 0 radical (unpaired) electrons. The van der Waals surface area contributed by atoms with Gasteiger partial charge in [-0.3, -0.25) is 10.1 Å². The Morgan fingerprint density at radius 1 is 1.65 bits per heavy atom. The summed E-state index contributed by atoms with van der Waals surface area (Å²) in [5, 5.41) is 14.1. The van der Waals surface area contributed by atoms with Crippen molar-refractivity contribution >= 4 is 11.5 Å². The Bertz CT molecular complexity index is 435. The zero-order valence-corrected chi connectivity index (χ0v) is 10.0. The van der Waals surface area contributed by atoms with Gasteiger partial charge >= 0.3 is 0 Å². The van der Waals surface area contributed by atoms with Crippen LogP contribution in [0.3, 0.4) is 0 Å². The second-order valence-electron chi connectivity index (χ2n) is 4.31. The van der Waals surface area contributed by atoms with E-state index in [4.69, 9.17) is 0 Å². The van der Waals surface area contributed by atoms with Crippen molar-refractivity contribution in [3.05, 3.63) is 27.9 Å². The number of anilines is 1. The molecular weight excluding hydrogens is 220 g/mol. The number of rotatable bonds is 3. The topological polar surface area (TPSA) is 71.3 Å². The van der Waals surface area contributed by atoms with Crippen LogP contribution in [-0.2, 0) is 0 Å². The highest BCUT2D eigenvalue weighted by Gasteiger charge is 2.23. The van der Waals surface area contributed by atoms with E-state index in [1.54, 1.807) is 19.2 Å². The number of nitro groups is 1. The summed E-state index contributed by atoms with van der Waals surface area (Å²) < 4.78 is 0. The average molecular weight is 236 g/mol. The Balaban J connectivity index is 2.22. The number of pyridine rings is 1. The van der Waals surface area contributed by atoms with E-state index in [-0.39, 0.29) is 10.6 Å². The maximum absolute atomic E-state index is 10.9. The number of likely N-dealkylation sites (N-methyl/N-ethyl adjacent to an activating group) is 1. The lowest BCUT2D eigenvalue weighted by Gasteiger charge is -2.17. The number of nitrogens with one attached hydrogen (secondary N) is 1. The summed E-state index contributed by atoms with van der Waals surface area (Å²) in [5.74, 6) is 0.694. The summed E-state index contributed by atoms with van der Waals surface area (Å²) in [6.45, 7) is 3.44. The lowest BCUT2D eigenvalue weighted by atomic mass is 10.2. The molecule has 6 nitrogen and oxygen atoms in total. The Kier molecular flexibility index (Phi) is 3.23. The van der Waals surface area contributed by atoms with E-state index in [0.29, 0.717) is 17.4 Å². The largest absolute Gasteiger partial charge is 0.355 e. The van der Waals surface area contributed by atoms with Crippen molar-refractivity contribution in [3.8, 4) is 0 Å². The standard InChI is InChI=1S/C11H16N4O2/c1-8-6-13-11(5-10(8)15(16)17)14-4-3-9(7-14)12-2/h5-6,9,12H,3-4,7H2,1-2H3. The lowest BCUT2D eigenvalue weighted by molar-refractivity contribution is -0.385. The highest BCUT2D eigenvalue weighted by atomic mass is 16.6. The highest BCUT2D eigenvalue weighted by molar-refractivity contribution is 5.51. The fourth-order valence-electron chi connectivity index (χ4n) is 2.08. The van der Waals surface area contributed by atoms with Gasteiger partial charge in [0.05, 0.1) is 11.0 Å².